The lowest BCUT2D eigenvalue weighted by Gasteiger charge is -2.12. The molecule has 2 heteroatoms. The van der Waals surface area contributed by atoms with Gasteiger partial charge in [0.2, 0.25) is 0 Å². The number of hydrogen-bond acceptors (Lipinski definition) is 2. The minimum absolute atomic E-state index is 0.879. The molecule has 0 aromatic carbocycles. The summed E-state index contributed by atoms with van der Waals surface area (Å²) in [5.74, 6) is 1.22. The zero-order chi connectivity index (χ0) is 7.68. The second kappa shape index (κ2) is 2.68. The highest BCUT2D eigenvalue weighted by Gasteiger charge is 2.21. The third kappa shape index (κ3) is 1.06. The first-order valence-corrected chi connectivity index (χ1v) is 4.30. The highest BCUT2D eigenvalue weighted by molar-refractivity contribution is 6.01. The van der Waals surface area contributed by atoms with E-state index in [-0.39, 0.29) is 0 Å². The summed E-state index contributed by atoms with van der Waals surface area (Å²) in [7, 11) is 0. The fourth-order valence-electron chi connectivity index (χ4n) is 1.74. The van der Waals surface area contributed by atoms with Gasteiger partial charge < -0.3 is 4.74 Å². The van der Waals surface area contributed by atoms with Gasteiger partial charge in [-0.3, -0.25) is 4.99 Å². The lowest BCUT2D eigenvalue weighted by atomic mass is 10.0. The number of ether oxygens (including phenoxy) is 1. The van der Waals surface area contributed by atoms with Crippen LogP contribution in [0.25, 0.3) is 0 Å². The van der Waals surface area contributed by atoms with Gasteiger partial charge in [0.15, 0.2) is 0 Å². The zero-order valence-corrected chi connectivity index (χ0v) is 6.89. The van der Waals surface area contributed by atoms with Crippen LogP contribution in [0.15, 0.2) is 16.3 Å². The normalized spacial score (nSPS) is 22.8. The second-order valence-electron chi connectivity index (χ2n) is 2.93. The quantitative estimate of drug-likeness (QED) is 0.561. The molecular weight excluding hydrogens is 138 g/mol. The Morgan fingerprint density at radius 1 is 1.45 bits per heavy atom. The molecule has 0 spiro atoms. The van der Waals surface area contributed by atoms with Crippen LogP contribution in [0.1, 0.15) is 26.2 Å². The Morgan fingerprint density at radius 3 is 3.18 bits per heavy atom. The van der Waals surface area contributed by atoms with Gasteiger partial charge in [-0.2, -0.15) is 0 Å². The van der Waals surface area contributed by atoms with Gasteiger partial charge in [0, 0.05) is 30.7 Å². The van der Waals surface area contributed by atoms with Crippen LogP contribution in [0.5, 0.6) is 0 Å². The molecule has 0 aromatic heterocycles. The first-order chi connectivity index (χ1) is 5.42. The highest BCUT2D eigenvalue weighted by atomic mass is 16.5. The Bertz CT molecular complexity index is 228. The van der Waals surface area contributed by atoms with E-state index < -0.39 is 0 Å². The maximum Gasteiger partial charge on any atom is 0.103 e. The Balaban J connectivity index is 2.27. The zero-order valence-electron chi connectivity index (χ0n) is 6.89. The van der Waals surface area contributed by atoms with E-state index in [2.05, 4.69) is 11.9 Å². The average Bonchev–Trinajstić information content (AvgIpc) is 2.50. The van der Waals surface area contributed by atoms with Crippen molar-refractivity contribution in [3.8, 4) is 0 Å². The van der Waals surface area contributed by atoms with Crippen molar-refractivity contribution >= 4 is 5.71 Å². The van der Waals surface area contributed by atoms with Gasteiger partial charge in [0.1, 0.15) is 5.76 Å². The van der Waals surface area contributed by atoms with Crippen LogP contribution in [0.4, 0.5) is 0 Å². The molecule has 2 aliphatic rings. The van der Waals surface area contributed by atoms with E-state index in [1.807, 2.05) is 0 Å². The van der Waals surface area contributed by atoms with E-state index in [0.29, 0.717) is 0 Å². The van der Waals surface area contributed by atoms with Crippen molar-refractivity contribution in [2.24, 2.45) is 4.99 Å². The predicted octanol–water partition coefficient (Wildman–Crippen LogP) is 1.92. The standard InChI is InChI=1S/C9H13NO/c1-2-8-7-4-6-11-9(7)3-5-10-8/h2-6H2,1H3. The molecule has 0 amide bonds. The molecule has 60 valence electrons. The van der Waals surface area contributed by atoms with Crippen LogP contribution in [-0.4, -0.2) is 18.9 Å². The van der Waals surface area contributed by atoms with Crippen molar-refractivity contribution in [2.75, 3.05) is 13.2 Å². The fourth-order valence-corrected chi connectivity index (χ4v) is 1.74. The highest BCUT2D eigenvalue weighted by Crippen LogP contribution is 2.27. The third-order valence-electron chi connectivity index (χ3n) is 2.29. The topological polar surface area (TPSA) is 21.6 Å². The second-order valence-corrected chi connectivity index (χ2v) is 2.93. The molecule has 0 saturated heterocycles. The number of nitrogens with zero attached hydrogens (tertiary/aromatic N) is 1. The van der Waals surface area contributed by atoms with E-state index >= 15 is 0 Å². The SMILES string of the molecule is CCC1=NCCC2=C1CCO2. The summed E-state index contributed by atoms with van der Waals surface area (Å²) in [6.45, 7) is 3.97. The number of hydrogen-bond donors (Lipinski definition) is 0. The molecule has 11 heavy (non-hydrogen) atoms. The smallest absolute Gasteiger partial charge is 0.103 e. The minimum Gasteiger partial charge on any atom is -0.497 e. The maximum absolute atomic E-state index is 5.49. The van der Waals surface area contributed by atoms with Gasteiger partial charge in [0.25, 0.3) is 0 Å². The van der Waals surface area contributed by atoms with Crippen molar-refractivity contribution in [1.29, 1.82) is 0 Å². The van der Waals surface area contributed by atoms with E-state index in [1.54, 1.807) is 0 Å². The predicted molar refractivity (Wildman–Crippen MR) is 44.8 cm³/mol. The van der Waals surface area contributed by atoms with Crippen LogP contribution in [0.2, 0.25) is 0 Å². The molecule has 0 unspecified atom stereocenters. The van der Waals surface area contributed by atoms with Crippen LogP contribution in [-0.2, 0) is 4.74 Å². The van der Waals surface area contributed by atoms with Crippen molar-refractivity contribution < 1.29 is 4.74 Å². The molecule has 2 heterocycles. The molecular formula is C9H13NO. The van der Waals surface area contributed by atoms with E-state index in [9.17, 15) is 0 Å². The lowest BCUT2D eigenvalue weighted by Crippen LogP contribution is -2.08. The Hall–Kier alpha value is -0.790. The molecule has 2 aliphatic heterocycles. The van der Waals surface area contributed by atoms with E-state index in [0.717, 1.165) is 32.4 Å². The molecule has 2 nitrogen and oxygen atoms in total. The van der Waals surface area contributed by atoms with Crippen molar-refractivity contribution in [1.82, 2.24) is 0 Å². The van der Waals surface area contributed by atoms with Crippen LogP contribution < -0.4 is 0 Å². The molecule has 0 N–H and O–H groups in total. The largest absolute Gasteiger partial charge is 0.497 e. The summed E-state index contributed by atoms with van der Waals surface area (Å²) in [5, 5.41) is 0. The Kier molecular flexibility index (Phi) is 1.68. The third-order valence-corrected chi connectivity index (χ3v) is 2.29. The number of dihydropyridines is 1. The molecule has 0 aliphatic carbocycles. The summed E-state index contributed by atoms with van der Waals surface area (Å²) in [4.78, 5) is 4.47. The van der Waals surface area contributed by atoms with Crippen LogP contribution >= 0.6 is 0 Å². The van der Waals surface area contributed by atoms with Crippen molar-refractivity contribution in [2.45, 2.75) is 26.2 Å². The fraction of sp³-hybridized carbons (Fsp3) is 0.667. The molecule has 0 bridgehead atoms. The summed E-state index contributed by atoms with van der Waals surface area (Å²) in [5.41, 5.74) is 2.68. The lowest BCUT2D eigenvalue weighted by molar-refractivity contribution is 0.235. The average molecular weight is 151 g/mol. The van der Waals surface area contributed by atoms with Gasteiger partial charge in [-0.1, -0.05) is 6.92 Å². The summed E-state index contributed by atoms with van der Waals surface area (Å²) >= 11 is 0. The summed E-state index contributed by atoms with van der Waals surface area (Å²) < 4.78 is 5.49. The first kappa shape index (κ1) is 6.89. The Labute approximate surface area is 67.0 Å². The van der Waals surface area contributed by atoms with Crippen molar-refractivity contribution in [3.63, 3.8) is 0 Å². The van der Waals surface area contributed by atoms with Crippen LogP contribution in [0, 0.1) is 0 Å². The van der Waals surface area contributed by atoms with Gasteiger partial charge in [-0.05, 0) is 6.42 Å². The molecule has 0 radical (unpaired) electrons. The molecule has 0 atom stereocenters. The number of rotatable bonds is 1. The first-order valence-electron chi connectivity index (χ1n) is 4.30. The van der Waals surface area contributed by atoms with Gasteiger partial charge in [-0.25, -0.2) is 0 Å². The minimum atomic E-state index is 0.879. The molecule has 2 rings (SSSR count). The van der Waals surface area contributed by atoms with Gasteiger partial charge >= 0.3 is 0 Å². The van der Waals surface area contributed by atoms with Gasteiger partial charge in [-0.15, -0.1) is 0 Å². The summed E-state index contributed by atoms with van der Waals surface area (Å²) in [6.07, 6.45) is 3.17. The molecule has 0 fully saturated rings. The molecule has 0 saturated carbocycles. The van der Waals surface area contributed by atoms with E-state index in [4.69, 9.17) is 4.74 Å². The molecule has 0 aromatic rings. The van der Waals surface area contributed by atoms with E-state index in [1.165, 1.54) is 17.0 Å². The van der Waals surface area contributed by atoms with Crippen LogP contribution in [0.3, 0.4) is 0 Å². The number of aliphatic imine (C=N–C) groups is 1. The maximum atomic E-state index is 5.49. The Morgan fingerprint density at radius 2 is 2.36 bits per heavy atom. The van der Waals surface area contributed by atoms with Crippen molar-refractivity contribution in [3.05, 3.63) is 11.3 Å². The van der Waals surface area contributed by atoms with Gasteiger partial charge in [0.05, 0.1) is 6.61 Å². The summed E-state index contributed by atoms with van der Waals surface area (Å²) in [6, 6.07) is 0. The monoisotopic (exact) mass is 151 g/mol.